The highest BCUT2D eigenvalue weighted by atomic mass is 16.6. The molecule has 1 heterocycles. The third-order valence-electron chi connectivity index (χ3n) is 6.31. The molecular weight excluding hydrogens is 396 g/mol. The largest absolute Gasteiger partial charge is 0.461 e. The summed E-state index contributed by atoms with van der Waals surface area (Å²) >= 11 is 0. The maximum Gasteiger partial charge on any atom is 0.313 e. The van der Waals surface area contributed by atoms with Gasteiger partial charge in [0.15, 0.2) is 0 Å². The molecule has 0 saturated carbocycles. The van der Waals surface area contributed by atoms with Gasteiger partial charge in [-0.25, -0.2) is 0 Å². The number of allylic oxidation sites excluding steroid dienone is 4. The van der Waals surface area contributed by atoms with E-state index in [1.54, 1.807) is 0 Å². The van der Waals surface area contributed by atoms with Crippen LogP contribution in [0.3, 0.4) is 0 Å². The van der Waals surface area contributed by atoms with E-state index in [0.717, 1.165) is 24.8 Å². The van der Waals surface area contributed by atoms with Gasteiger partial charge in [-0.2, -0.15) is 0 Å². The van der Waals surface area contributed by atoms with Crippen molar-refractivity contribution in [1.29, 1.82) is 0 Å². The third-order valence-corrected chi connectivity index (χ3v) is 6.31. The zero-order valence-corrected chi connectivity index (χ0v) is 20.1. The van der Waals surface area contributed by atoms with Crippen molar-refractivity contribution in [3.8, 4) is 0 Å². The fourth-order valence-electron chi connectivity index (χ4n) is 4.27. The fraction of sp³-hybridized carbons (Fsp3) is 0.621. The van der Waals surface area contributed by atoms with E-state index in [2.05, 4.69) is 31.2 Å². The van der Waals surface area contributed by atoms with Crippen molar-refractivity contribution in [2.75, 3.05) is 0 Å². The molecule has 3 heteroatoms. The summed E-state index contributed by atoms with van der Waals surface area (Å²) in [6.07, 6.45) is 24.1. The number of carbonyl (C=O) groups excluding carboxylic acids is 1. The summed E-state index contributed by atoms with van der Waals surface area (Å²) in [5.41, 5.74) is 1.15. The number of hydrogen-bond acceptors (Lipinski definition) is 3. The SMILES string of the molecule is CCCCCC=CCC=CCCCCCCCC(O)C[C@@H]1OC(=O)[C@@H]1Cc1ccccc1. The minimum absolute atomic E-state index is 0.100. The minimum Gasteiger partial charge on any atom is -0.461 e. The van der Waals surface area contributed by atoms with Gasteiger partial charge in [0.05, 0.1) is 12.0 Å². The maximum atomic E-state index is 11.8. The lowest BCUT2D eigenvalue weighted by molar-refractivity contribution is -0.187. The normalized spacial score (nSPS) is 19.4. The van der Waals surface area contributed by atoms with Gasteiger partial charge in [0.25, 0.3) is 0 Å². The summed E-state index contributed by atoms with van der Waals surface area (Å²) in [6.45, 7) is 2.24. The monoisotopic (exact) mass is 440 g/mol. The van der Waals surface area contributed by atoms with Crippen LogP contribution in [0.1, 0.15) is 96.0 Å². The molecule has 0 aromatic heterocycles. The molecule has 178 valence electrons. The number of carbonyl (C=O) groups is 1. The molecule has 0 spiro atoms. The molecule has 0 aliphatic carbocycles. The quantitative estimate of drug-likeness (QED) is 0.148. The number of unbranched alkanes of at least 4 members (excludes halogenated alkanes) is 8. The van der Waals surface area contributed by atoms with Crippen molar-refractivity contribution in [1.82, 2.24) is 0 Å². The van der Waals surface area contributed by atoms with Crippen molar-refractivity contribution in [2.24, 2.45) is 5.92 Å². The van der Waals surface area contributed by atoms with Crippen molar-refractivity contribution >= 4 is 5.97 Å². The second-order valence-electron chi connectivity index (χ2n) is 9.18. The molecule has 1 aliphatic heterocycles. The Morgan fingerprint density at radius 3 is 2.25 bits per heavy atom. The van der Waals surface area contributed by atoms with Gasteiger partial charge in [0.1, 0.15) is 6.10 Å². The van der Waals surface area contributed by atoms with Gasteiger partial charge in [0, 0.05) is 6.42 Å². The molecule has 2 rings (SSSR count). The average Bonchev–Trinajstić information content (AvgIpc) is 2.80. The molecule has 1 aliphatic rings. The van der Waals surface area contributed by atoms with E-state index in [9.17, 15) is 9.90 Å². The summed E-state index contributed by atoms with van der Waals surface area (Å²) in [5.74, 6) is -0.222. The second kappa shape index (κ2) is 16.7. The first-order chi connectivity index (χ1) is 15.7. The van der Waals surface area contributed by atoms with Crippen LogP contribution < -0.4 is 0 Å². The number of aliphatic hydroxyl groups excluding tert-OH is 1. The summed E-state index contributed by atoms with van der Waals surface area (Å²) in [6, 6.07) is 10.1. The van der Waals surface area contributed by atoms with Crippen LogP contribution in [0, 0.1) is 5.92 Å². The number of cyclic esters (lactones) is 1. The smallest absolute Gasteiger partial charge is 0.313 e. The van der Waals surface area contributed by atoms with Crippen LogP contribution in [-0.2, 0) is 16.0 Å². The lowest BCUT2D eigenvalue weighted by Crippen LogP contribution is -2.47. The molecule has 0 amide bonds. The number of esters is 1. The van der Waals surface area contributed by atoms with E-state index in [0.29, 0.717) is 12.8 Å². The molecule has 0 radical (unpaired) electrons. The molecule has 32 heavy (non-hydrogen) atoms. The second-order valence-corrected chi connectivity index (χ2v) is 9.18. The van der Waals surface area contributed by atoms with Crippen molar-refractivity contribution < 1.29 is 14.6 Å². The van der Waals surface area contributed by atoms with Crippen molar-refractivity contribution in [3.05, 3.63) is 60.2 Å². The van der Waals surface area contributed by atoms with Crippen molar-refractivity contribution in [3.63, 3.8) is 0 Å². The summed E-state index contributed by atoms with van der Waals surface area (Å²) in [5, 5.41) is 10.4. The third kappa shape index (κ3) is 11.1. The topological polar surface area (TPSA) is 46.5 Å². The maximum absolute atomic E-state index is 11.8. The lowest BCUT2D eigenvalue weighted by Gasteiger charge is -2.36. The molecule has 1 unspecified atom stereocenters. The molecule has 1 aromatic carbocycles. The van der Waals surface area contributed by atoms with E-state index in [4.69, 9.17) is 4.74 Å². The number of rotatable bonds is 18. The Morgan fingerprint density at radius 2 is 1.56 bits per heavy atom. The molecule has 1 N–H and O–H groups in total. The van der Waals surface area contributed by atoms with Crippen LogP contribution in [0.25, 0.3) is 0 Å². The lowest BCUT2D eigenvalue weighted by atomic mass is 9.86. The summed E-state index contributed by atoms with van der Waals surface area (Å²) < 4.78 is 5.31. The molecule has 1 aromatic rings. The molecule has 1 fully saturated rings. The Labute approximate surface area is 196 Å². The highest BCUT2D eigenvalue weighted by Crippen LogP contribution is 2.30. The number of aliphatic hydroxyl groups is 1. The van der Waals surface area contributed by atoms with E-state index in [1.807, 2.05) is 30.3 Å². The van der Waals surface area contributed by atoms with Gasteiger partial charge < -0.3 is 9.84 Å². The fourth-order valence-corrected chi connectivity index (χ4v) is 4.27. The Morgan fingerprint density at radius 1 is 0.906 bits per heavy atom. The molecule has 0 bridgehead atoms. The van der Waals surface area contributed by atoms with Crippen LogP contribution in [0.2, 0.25) is 0 Å². The van der Waals surface area contributed by atoms with Gasteiger partial charge in [-0.1, -0.05) is 100 Å². The first kappa shape index (κ1) is 26.4. The zero-order valence-electron chi connectivity index (χ0n) is 20.1. The number of benzene rings is 1. The first-order valence-electron chi connectivity index (χ1n) is 12.9. The van der Waals surface area contributed by atoms with Crippen molar-refractivity contribution in [2.45, 2.75) is 109 Å². The van der Waals surface area contributed by atoms with Gasteiger partial charge in [-0.3, -0.25) is 4.79 Å². The van der Waals surface area contributed by atoms with Crippen LogP contribution in [0.4, 0.5) is 0 Å². The van der Waals surface area contributed by atoms with E-state index >= 15 is 0 Å². The minimum atomic E-state index is -0.371. The zero-order chi connectivity index (χ0) is 22.9. The van der Waals surface area contributed by atoms with E-state index in [1.165, 1.54) is 57.8 Å². The standard InChI is InChI=1S/C29H44O3/c1-2-3-4-5-6-7-8-9-10-11-12-13-14-15-19-22-26(30)24-28-27(29(31)32-28)23-25-20-17-16-18-21-25/h6-7,9-10,16-18,20-21,26-28,30H,2-5,8,11-15,19,22-24H2,1H3/t26?,27-,28+/m1/s1. The summed E-state index contributed by atoms with van der Waals surface area (Å²) in [7, 11) is 0. The van der Waals surface area contributed by atoms with Gasteiger partial charge in [0.2, 0.25) is 0 Å². The predicted octanol–water partition coefficient (Wildman–Crippen LogP) is 7.34. The molecule has 1 saturated heterocycles. The van der Waals surface area contributed by atoms with E-state index < -0.39 is 0 Å². The van der Waals surface area contributed by atoms with Crippen LogP contribution in [-0.4, -0.2) is 23.3 Å². The van der Waals surface area contributed by atoms with Gasteiger partial charge in [-0.15, -0.1) is 0 Å². The first-order valence-corrected chi connectivity index (χ1v) is 12.9. The van der Waals surface area contributed by atoms with Crippen LogP contribution in [0.5, 0.6) is 0 Å². The highest BCUT2D eigenvalue weighted by Gasteiger charge is 2.42. The molecule has 3 nitrogen and oxygen atoms in total. The Balaban J connectivity index is 1.43. The number of ether oxygens (including phenoxy) is 1. The van der Waals surface area contributed by atoms with Gasteiger partial charge in [-0.05, 0) is 50.5 Å². The average molecular weight is 441 g/mol. The summed E-state index contributed by atoms with van der Waals surface area (Å²) in [4.78, 5) is 11.8. The van der Waals surface area contributed by atoms with Gasteiger partial charge >= 0.3 is 5.97 Å². The Bertz CT molecular complexity index is 664. The predicted molar refractivity (Wildman–Crippen MR) is 133 cm³/mol. The molecule has 3 atom stereocenters. The van der Waals surface area contributed by atoms with E-state index in [-0.39, 0.29) is 24.1 Å². The Hall–Kier alpha value is -1.87. The Kier molecular flexibility index (Phi) is 13.8. The molecular formula is C29H44O3. The highest BCUT2D eigenvalue weighted by molar-refractivity contribution is 5.78. The van der Waals surface area contributed by atoms with Crippen LogP contribution >= 0.6 is 0 Å². The number of hydrogen-bond donors (Lipinski definition) is 1. The van der Waals surface area contributed by atoms with Crippen LogP contribution in [0.15, 0.2) is 54.6 Å².